The van der Waals surface area contributed by atoms with Gasteiger partial charge in [-0.15, -0.1) is 0 Å². The number of amides is 2. The van der Waals surface area contributed by atoms with Gasteiger partial charge in [0.1, 0.15) is 17.7 Å². The van der Waals surface area contributed by atoms with Crippen molar-refractivity contribution in [1.29, 1.82) is 0 Å². The van der Waals surface area contributed by atoms with Crippen LogP contribution in [0, 0.1) is 11.6 Å². The van der Waals surface area contributed by atoms with E-state index in [1.165, 1.54) is 29.2 Å². The molecule has 0 aromatic heterocycles. The number of rotatable bonds is 8. The van der Waals surface area contributed by atoms with Crippen LogP contribution in [-0.2, 0) is 4.74 Å². The highest BCUT2D eigenvalue weighted by Gasteiger charge is 2.34. The van der Waals surface area contributed by atoms with E-state index in [0.29, 0.717) is 24.1 Å². The predicted octanol–water partition coefficient (Wildman–Crippen LogP) is 5.22. The molecule has 1 saturated heterocycles. The van der Waals surface area contributed by atoms with Crippen molar-refractivity contribution in [3.63, 3.8) is 0 Å². The molecule has 0 unspecified atom stereocenters. The van der Waals surface area contributed by atoms with Crippen molar-refractivity contribution in [1.82, 2.24) is 9.80 Å². The molecule has 3 aromatic carbocycles. The number of hydrogen-bond donors (Lipinski definition) is 0. The first-order valence-electron chi connectivity index (χ1n) is 12.3. The molecule has 5 nitrogen and oxygen atoms in total. The van der Waals surface area contributed by atoms with E-state index in [2.05, 4.69) is 4.90 Å². The van der Waals surface area contributed by atoms with Crippen LogP contribution in [0.3, 0.4) is 0 Å². The Morgan fingerprint density at radius 3 is 1.75 bits per heavy atom. The van der Waals surface area contributed by atoms with Gasteiger partial charge >= 0.3 is 0 Å². The van der Waals surface area contributed by atoms with Gasteiger partial charge in [0.2, 0.25) is 0 Å². The highest BCUT2D eigenvalue weighted by Crippen LogP contribution is 2.30. The van der Waals surface area contributed by atoms with Crippen LogP contribution in [0.5, 0.6) is 0 Å². The molecule has 1 fully saturated rings. The van der Waals surface area contributed by atoms with E-state index >= 15 is 0 Å². The minimum absolute atomic E-state index is 0.0117. The number of halogens is 2. The van der Waals surface area contributed by atoms with Gasteiger partial charge in [-0.1, -0.05) is 36.4 Å². The number of carbonyl (C=O) groups is 2. The fraction of sp³-hybridized carbons (Fsp3) is 0.310. The molecule has 2 heterocycles. The summed E-state index contributed by atoms with van der Waals surface area (Å²) < 4.78 is 33.4. The third-order valence-electron chi connectivity index (χ3n) is 6.94. The molecule has 5 rings (SSSR count). The topological polar surface area (TPSA) is 49.9 Å². The zero-order valence-electron chi connectivity index (χ0n) is 19.9. The summed E-state index contributed by atoms with van der Waals surface area (Å²) in [6, 6.07) is 19.4. The van der Waals surface area contributed by atoms with E-state index in [-0.39, 0.29) is 29.6 Å². The number of piperidine rings is 1. The molecule has 36 heavy (non-hydrogen) atoms. The average molecular weight is 491 g/mol. The number of nitrogens with zero attached hydrogens (tertiary/aromatic N) is 2. The van der Waals surface area contributed by atoms with Crippen molar-refractivity contribution in [2.45, 2.75) is 31.5 Å². The summed E-state index contributed by atoms with van der Waals surface area (Å²) >= 11 is 0. The van der Waals surface area contributed by atoms with Gasteiger partial charge in [-0.2, -0.15) is 0 Å². The van der Waals surface area contributed by atoms with Gasteiger partial charge in [0.25, 0.3) is 11.8 Å². The number of carbonyl (C=O) groups excluding carboxylic acids is 2. The first-order valence-corrected chi connectivity index (χ1v) is 12.3. The lowest BCUT2D eigenvalue weighted by molar-refractivity contribution is -0.0271. The first kappa shape index (κ1) is 24.3. The molecule has 2 aliphatic heterocycles. The molecule has 0 atom stereocenters. The fourth-order valence-corrected chi connectivity index (χ4v) is 4.98. The molecular formula is C29H28F2N2O3. The van der Waals surface area contributed by atoms with Crippen LogP contribution in [-0.4, -0.2) is 53.9 Å². The Balaban J connectivity index is 1.14. The number of fused-ring (bicyclic) bond motifs is 1. The van der Waals surface area contributed by atoms with E-state index in [1.54, 1.807) is 48.5 Å². The molecule has 3 aromatic rings. The Kier molecular flexibility index (Phi) is 7.20. The van der Waals surface area contributed by atoms with Crippen molar-refractivity contribution in [3.05, 3.63) is 107 Å². The van der Waals surface area contributed by atoms with Crippen molar-refractivity contribution in [2.75, 3.05) is 26.2 Å². The van der Waals surface area contributed by atoms with Gasteiger partial charge in [-0.05, 0) is 73.3 Å². The standard InChI is InChI=1S/C29H28F2N2O3/c30-22-10-6-20(7-11-22)27(21-8-12-23(31)13-9-21)36-24-14-18-32(19-15-24)16-3-17-33-28(34)25-4-1-2-5-26(25)29(33)35/h1-2,4-13,24,27H,3,14-19H2. The second-order valence-electron chi connectivity index (χ2n) is 9.32. The van der Waals surface area contributed by atoms with Crippen LogP contribution >= 0.6 is 0 Å². The number of hydrogen-bond acceptors (Lipinski definition) is 4. The zero-order chi connectivity index (χ0) is 25.1. The number of imide groups is 1. The Bertz CT molecular complexity index is 1140. The Labute approximate surface area is 209 Å². The molecular weight excluding hydrogens is 462 g/mol. The summed E-state index contributed by atoms with van der Waals surface area (Å²) in [5.41, 5.74) is 2.62. The summed E-state index contributed by atoms with van der Waals surface area (Å²) in [6.45, 7) is 2.87. The molecule has 0 N–H and O–H groups in total. The normalized spacial score (nSPS) is 16.7. The van der Waals surface area contributed by atoms with Crippen LogP contribution in [0.15, 0.2) is 72.8 Å². The van der Waals surface area contributed by atoms with Gasteiger partial charge in [-0.3, -0.25) is 14.5 Å². The van der Waals surface area contributed by atoms with E-state index in [0.717, 1.165) is 43.6 Å². The first-order chi connectivity index (χ1) is 17.5. The second kappa shape index (κ2) is 10.7. The average Bonchev–Trinajstić information content (AvgIpc) is 3.14. The van der Waals surface area contributed by atoms with Gasteiger partial charge in [0, 0.05) is 19.6 Å². The van der Waals surface area contributed by atoms with Crippen molar-refractivity contribution >= 4 is 11.8 Å². The highest BCUT2D eigenvalue weighted by atomic mass is 19.1. The van der Waals surface area contributed by atoms with Crippen molar-refractivity contribution in [2.24, 2.45) is 0 Å². The summed E-state index contributed by atoms with van der Waals surface area (Å²) in [5, 5.41) is 0. The summed E-state index contributed by atoms with van der Waals surface area (Å²) in [7, 11) is 0. The Hall–Kier alpha value is -3.42. The van der Waals surface area contributed by atoms with E-state index in [9.17, 15) is 18.4 Å². The Morgan fingerprint density at radius 1 is 0.750 bits per heavy atom. The van der Waals surface area contributed by atoms with Crippen molar-refractivity contribution < 1.29 is 23.1 Å². The van der Waals surface area contributed by atoms with Crippen molar-refractivity contribution in [3.8, 4) is 0 Å². The van der Waals surface area contributed by atoms with Gasteiger partial charge in [0.05, 0.1) is 17.2 Å². The van der Waals surface area contributed by atoms with Gasteiger partial charge in [0.15, 0.2) is 0 Å². The summed E-state index contributed by atoms with van der Waals surface area (Å²) in [4.78, 5) is 28.7. The molecule has 7 heteroatoms. The molecule has 0 spiro atoms. The van der Waals surface area contributed by atoms with Gasteiger partial charge in [-0.25, -0.2) is 8.78 Å². The SMILES string of the molecule is O=C1c2ccccc2C(=O)N1CCCN1CCC(OC(c2ccc(F)cc2)c2ccc(F)cc2)CC1. The van der Waals surface area contributed by atoms with Crippen LogP contribution in [0.4, 0.5) is 8.78 Å². The summed E-state index contributed by atoms with van der Waals surface area (Å²) in [6.07, 6.45) is 1.97. The quantitative estimate of drug-likeness (QED) is 0.406. The Morgan fingerprint density at radius 2 is 1.25 bits per heavy atom. The lowest BCUT2D eigenvalue weighted by Gasteiger charge is -2.34. The predicted molar refractivity (Wildman–Crippen MR) is 132 cm³/mol. The van der Waals surface area contributed by atoms with Crippen LogP contribution in [0.25, 0.3) is 0 Å². The third kappa shape index (κ3) is 5.22. The molecule has 2 amide bonds. The molecule has 2 aliphatic rings. The maximum Gasteiger partial charge on any atom is 0.261 e. The molecule has 186 valence electrons. The smallest absolute Gasteiger partial charge is 0.261 e. The second-order valence-corrected chi connectivity index (χ2v) is 9.32. The van der Waals surface area contributed by atoms with E-state index < -0.39 is 6.10 Å². The highest BCUT2D eigenvalue weighted by molar-refractivity contribution is 6.21. The van der Waals surface area contributed by atoms with Crippen LogP contribution < -0.4 is 0 Å². The monoisotopic (exact) mass is 490 g/mol. The minimum atomic E-state index is -0.406. The lowest BCUT2D eigenvalue weighted by Crippen LogP contribution is -2.39. The molecule has 0 saturated carbocycles. The fourth-order valence-electron chi connectivity index (χ4n) is 4.98. The minimum Gasteiger partial charge on any atom is -0.365 e. The van der Waals surface area contributed by atoms with E-state index in [4.69, 9.17) is 4.74 Å². The number of ether oxygens (including phenoxy) is 1. The molecule has 0 aliphatic carbocycles. The van der Waals surface area contributed by atoms with E-state index in [1.807, 2.05) is 0 Å². The van der Waals surface area contributed by atoms with Crippen LogP contribution in [0.2, 0.25) is 0 Å². The molecule has 0 bridgehead atoms. The third-order valence-corrected chi connectivity index (χ3v) is 6.94. The number of benzene rings is 3. The maximum atomic E-state index is 13.5. The maximum absolute atomic E-state index is 13.5. The lowest BCUT2D eigenvalue weighted by atomic mass is 10.00. The van der Waals surface area contributed by atoms with Crippen LogP contribution in [0.1, 0.15) is 57.2 Å². The number of likely N-dealkylation sites (tertiary alicyclic amines) is 1. The van der Waals surface area contributed by atoms with Gasteiger partial charge < -0.3 is 9.64 Å². The summed E-state index contributed by atoms with van der Waals surface area (Å²) in [5.74, 6) is -1.05. The molecule has 0 radical (unpaired) electrons. The zero-order valence-corrected chi connectivity index (χ0v) is 19.9. The largest absolute Gasteiger partial charge is 0.365 e.